The van der Waals surface area contributed by atoms with Gasteiger partial charge in [-0.15, -0.1) is 0 Å². The molecule has 9 aromatic rings. The van der Waals surface area contributed by atoms with E-state index in [2.05, 4.69) is 157 Å². The van der Waals surface area contributed by atoms with Crippen LogP contribution < -0.4 is 0 Å². The van der Waals surface area contributed by atoms with Gasteiger partial charge in [-0.2, -0.15) is 0 Å². The zero-order chi connectivity index (χ0) is 30.2. The Balaban J connectivity index is 1.48. The summed E-state index contributed by atoms with van der Waals surface area (Å²) in [4.78, 5) is 10.6. The molecule has 9 rings (SSSR count). The maximum absolute atomic E-state index is 5.39. The molecule has 214 valence electrons. The van der Waals surface area contributed by atoms with E-state index in [1.807, 2.05) is 0 Å². The first-order valence-corrected chi connectivity index (χ1v) is 15.4. The Bertz CT molecular complexity index is 2640. The predicted octanol–water partition coefficient (Wildman–Crippen LogP) is 10.4. The highest BCUT2D eigenvalue weighted by Crippen LogP contribution is 2.42. The van der Waals surface area contributed by atoms with Crippen LogP contribution in [0.1, 0.15) is 16.7 Å². The number of rotatable bonds is 3. The Morgan fingerprint density at radius 3 is 2.02 bits per heavy atom. The van der Waals surface area contributed by atoms with Crippen LogP contribution in [0, 0.1) is 20.8 Å². The van der Waals surface area contributed by atoms with Gasteiger partial charge in [0, 0.05) is 38.2 Å². The first kappa shape index (κ1) is 25.7. The maximum atomic E-state index is 5.39. The van der Waals surface area contributed by atoms with Crippen molar-refractivity contribution < 1.29 is 0 Å². The summed E-state index contributed by atoms with van der Waals surface area (Å²) in [5, 5.41) is 5.85. The van der Waals surface area contributed by atoms with E-state index >= 15 is 0 Å². The van der Waals surface area contributed by atoms with E-state index < -0.39 is 0 Å². The summed E-state index contributed by atoms with van der Waals surface area (Å²) in [6.45, 7) is 6.44. The Hall–Kier alpha value is -5.74. The van der Waals surface area contributed by atoms with Crippen molar-refractivity contribution in [2.24, 2.45) is 0 Å². The average molecular weight is 579 g/mol. The van der Waals surface area contributed by atoms with Crippen LogP contribution in [0.4, 0.5) is 0 Å². The maximum Gasteiger partial charge on any atom is 0.235 e. The van der Waals surface area contributed by atoms with Crippen molar-refractivity contribution in [1.82, 2.24) is 19.1 Å². The van der Waals surface area contributed by atoms with Crippen molar-refractivity contribution in [3.63, 3.8) is 0 Å². The average Bonchev–Trinajstić information content (AvgIpc) is 3.57. The lowest BCUT2D eigenvalue weighted by atomic mass is 10.0. The minimum Gasteiger partial charge on any atom is -0.309 e. The first-order valence-electron chi connectivity index (χ1n) is 15.4. The molecule has 0 unspecified atom stereocenters. The molecule has 0 bridgehead atoms. The fraction of sp³-hybridized carbons (Fsp3) is 0.0732. The van der Waals surface area contributed by atoms with E-state index in [1.54, 1.807) is 0 Å². The molecule has 3 aromatic heterocycles. The summed E-state index contributed by atoms with van der Waals surface area (Å²) in [5.74, 6) is 0.675. The Morgan fingerprint density at radius 1 is 0.467 bits per heavy atom. The van der Waals surface area contributed by atoms with Gasteiger partial charge < -0.3 is 4.57 Å². The fourth-order valence-electron chi connectivity index (χ4n) is 7.10. The minimum atomic E-state index is 0.675. The van der Waals surface area contributed by atoms with Gasteiger partial charge in [0.15, 0.2) is 0 Å². The standard InChI is InChI=1S/C41H30N4/c1-25-10-8-12-28(22-25)39-31-14-4-6-16-34(31)42-41(43-39)45-36-20-18-27(3)24-33(36)30-19-21-37-38(40(30)45)32-15-5-7-17-35(32)44(37)29-13-9-11-26(2)23-29/h4-24H,1-3H3. The zero-order valence-electron chi connectivity index (χ0n) is 25.4. The van der Waals surface area contributed by atoms with Crippen LogP contribution >= 0.6 is 0 Å². The van der Waals surface area contributed by atoms with Crippen LogP contribution in [0.15, 0.2) is 127 Å². The van der Waals surface area contributed by atoms with E-state index in [9.17, 15) is 0 Å². The summed E-state index contributed by atoms with van der Waals surface area (Å²) in [5.41, 5.74) is 12.3. The molecule has 0 aliphatic heterocycles. The Kier molecular flexibility index (Phi) is 5.51. The summed E-state index contributed by atoms with van der Waals surface area (Å²) in [7, 11) is 0. The molecule has 4 heteroatoms. The normalized spacial score (nSPS) is 11.9. The molecule has 0 spiro atoms. The van der Waals surface area contributed by atoms with Crippen molar-refractivity contribution >= 4 is 54.5 Å². The van der Waals surface area contributed by atoms with Crippen LogP contribution in [-0.4, -0.2) is 19.1 Å². The third-order valence-electron chi connectivity index (χ3n) is 9.06. The third kappa shape index (κ3) is 3.85. The SMILES string of the molecule is Cc1cccc(-c2nc(-n3c4ccc(C)cc4c4ccc5c(c6ccccc6n5-c5cccc(C)c5)c43)nc3ccccc23)c1. The minimum absolute atomic E-state index is 0.675. The summed E-state index contributed by atoms with van der Waals surface area (Å²) >= 11 is 0. The zero-order valence-corrected chi connectivity index (χ0v) is 25.4. The van der Waals surface area contributed by atoms with Gasteiger partial charge in [0.25, 0.3) is 0 Å². The highest BCUT2D eigenvalue weighted by atomic mass is 15.2. The van der Waals surface area contributed by atoms with Gasteiger partial charge in [0.05, 0.1) is 33.3 Å². The van der Waals surface area contributed by atoms with Crippen molar-refractivity contribution in [2.75, 3.05) is 0 Å². The van der Waals surface area contributed by atoms with Gasteiger partial charge in [-0.1, -0.05) is 90.0 Å². The van der Waals surface area contributed by atoms with Crippen molar-refractivity contribution in [2.45, 2.75) is 20.8 Å². The van der Waals surface area contributed by atoms with Gasteiger partial charge in [0.1, 0.15) is 0 Å². The molecule has 0 N–H and O–H groups in total. The van der Waals surface area contributed by atoms with E-state index in [1.165, 1.54) is 43.8 Å². The molecule has 0 amide bonds. The molecular formula is C41H30N4. The Labute approximate surface area is 260 Å². The highest BCUT2D eigenvalue weighted by Gasteiger charge is 2.23. The molecule has 4 nitrogen and oxygen atoms in total. The van der Waals surface area contributed by atoms with Crippen molar-refractivity contribution in [3.8, 4) is 22.9 Å². The van der Waals surface area contributed by atoms with E-state index in [0.29, 0.717) is 5.95 Å². The van der Waals surface area contributed by atoms with Gasteiger partial charge >= 0.3 is 0 Å². The van der Waals surface area contributed by atoms with Crippen LogP contribution in [0.2, 0.25) is 0 Å². The number of hydrogen-bond donors (Lipinski definition) is 0. The van der Waals surface area contributed by atoms with Crippen LogP contribution in [0.25, 0.3) is 77.4 Å². The molecule has 0 atom stereocenters. The number of hydrogen-bond acceptors (Lipinski definition) is 2. The lowest BCUT2D eigenvalue weighted by Gasteiger charge is -2.13. The summed E-state index contributed by atoms with van der Waals surface area (Å²) < 4.78 is 4.69. The summed E-state index contributed by atoms with van der Waals surface area (Å²) in [6.07, 6.45) is 0. The molecule has 0 radical (unpaired) electrons. The highest BCUT2D eigenvalue weighted by molar-refractivity contribution is 6.26. The molecule has 0 fully saturated rings. The smallest absolute Gasteiger partial charge is 0.235 e. The molecule has 0 saturated carbocycles. The number of benzene rings is 6. The second kappa shape index (κ2) is 9.63. The first-order chi connectivity index (χ1) is 22.0. The molecule has 0 aliphatic rings. The quantitative estimate of drug-likeness (QED) is 0.209. The van der Waals surface area contributed by atoms with Crippen LogP contribution in [0.3, 0.4) is 0 Å². The number of fused-ring (bicyclic) bond motifs is 8. The van der Waals surface area contributed by atoms with Crippen molar-refractivity contribution in [1.29, 1.82) is 0 Å². The molecule has 3 heterocycles. The number of nitrogens with zero attached hydrogens (tertiary/aromatic N) is 4. The summed E-state index contributed by atoms with van der Waals surface area (Å²) in [6, 6.07) is 45.7. The number of aromatic nitrogens is 4. The van der Waals surface area contributed by atoms with E-state index in [0.717, 1.165) is 44.4 Å². The number of aryl methyl sites for hydroxylation is 3. The van der Waals surface area contributed by atoms with Gasteiger partial charge in [-0.25, -0.2) is 9.97 Å². The van der Waals surface area contributed by atoms with E-state index in [4.69, 9.17) is 9.97 Å². The fourth-order valence-corrected chi connectivity index (χ4v) is 7.10. The van der Waals surface area contributed by atoms with Crippen LogP contribution in [-0.2, 0) is 0 Å². The van der Waals surface area contributed by atoms with Gasteiger partial charge in [-0.3, -0.25) is 4.57 Å². The Morgan fingerprint density at radius 2 is 1.18 bits per heavy atom. The number of para-hydroxylation sites is 2. The molecule has 0 aliphatic carbocycles. The topological polar surface area (TPSA) is 35.6 Å². The largest absolute Gasteiger partial charge is 0.309 e. The lowest BCUT2D eigenvalue weighted by molar-refractivity contribution is 1.02. The second-order valence-corrected chi connectivity index (χ2v) is 12.2. The van der Waals surface area contributed by atoms with Gasteiger partial charge in [0.2, 0.25) is 5.95 Å². The molecule has 0 saturated heterocycles. The van der Waals surface area contributed by atoms with Crippen LogP contribution in [0.5, 0.6) is 0 Å². The molecular weight excluding hydrogens is 548 g/mol. The van der Waals surface area contributed by atoms with Gasteiger partial charge in [-0.05, 0) is 74.9 Å². The predicted molar refractivity (Wildman–Crippen MR) is 188 cm³/mol. The van der Waals surface area contributed by atoms with E-state index in [-0.39, 0.29) is 0 Å². The van der Waals surface area contributed by atoms with Crippen molar-refractivity contribution in [3.05, 3.63) is 144 Å². The molecule has 6 aromatic carbocycles. The monoisotopic (exact) mass is 578 g/mol. The lowest BCUT2D eigenvalue weighted by Crippen LogP contribution is -2.04. The second-order valence-electron chi connectivity index (χ2n) is 12.2. The molecule has 45 heavy (non-hydrogen) atoms. The third-order valence-corrected chi connectivity index (χ3v) is 9.06.